The van der Waals surface area contributed by atoms with Crippen LogP contribution in [0.25, 0.3) is 0 Å². The van der Waals surface area contributed by atoms with Crippen LogP contribution in [0.2, 0.25) is 0 Å². The second kappa shape index (κ2) is 8.99. The molecule has 2 aliphatic rings. The Bertz CT molecular complexity index is 465. The Morgan fingerprint density at radius 3 is 2.59 bits per heavy atom. The van der Waals surface area contributed by atoms with Gasteiger partial charge in [-0.2, -0.15) is 0 Å². The second-order valence-corrected chi connectivity index (χ2v) is 6.21. The number of allylic oxidation sites excluding steroid dienone is 1. The van der Waals surface area contributed by atoms with E-state index in [4.69, 9.17) is 4.74 Å². The van der Waals surface area contributed by atoms with Crippen LogP contribution >= 0.6 is 0 Å². The minimum Gasteiger partial charge on any atom is -0.367 e. The number of fused-ring (bicyclic) bond motifs is 1. The van der Waals surface area contributed by atoms with Crippen molar-refractivity contribution in [2.45, 2.75) is 77.2 Å². The van der Waals surface area contributed by atoms with E-state index < -0.39 is 0 Å². The topological polar surface area (TPSA) is 46.3 Å². The van der Waals surface area contributed by atoms with Crippen molar-refractivity contribution < 1.29 is 4.74 Å². The largest absolute Gasteiger partial charge is 0.367 e. The van der Waals surface area contributed by atoms with Gasteiger partial charge in [0.2, 0.25) is 0 Å². The molecule has 1 aliphatic carbocycles. The number of hydrogen-bond acceptors (Lipinski definition) is 4. The molecule has 0 fully saturated rings. The van der Waals surface area contributed by atoms with Gasteiger partial charge in [-0.1, -0.05) is 58.8 Å². The summed E-state index contributed by atoms with van der Waals surface area (Å²) in [5, 5.41) is 11.8. The van der Waals surface area contributed by atoms with Gasteiger partial charge in [-0.15, -0.1) is 10.2 Å². The van der Waals surface area contributed by atoms with E-state index in [1.165, 1.54) is 38.5 Å². The number of hydrogen-bond donors (Lipinski definition) is 0. The fourth-order valence-electron chi connectivity index (χ4n) is 2.86. The number of nitrogens with zero attached hydrogens (tertiary/aromatic N) is 3. The molecular formula is C18H29N3O. The quantitative estimate of drug-likeness (QED) is 0.460. The van der Waals surface area contributed by atoms with Crippen LogP contribution in [-0.2, 0) is 4.74 Å². The first-order valence-electron chi connectivity index (χ1n) is 8.85. The van der Waals surface area contributed by atoms with Crippen molar-refractivity contribution in [2.75, 3.05) is 6.61 Å². The molecule has 0 aromatic rings. The fraction of sp³-hybridized carbons (Fsp3) is 0.722. The molecule has 22 heavy (non-hydrogen) atoms. The Kier molecular flexibility index (Phi) is 6.97. The maximum atomic E-state index is 6.27. The van der Waals surface area contributed by atoms with Crippen LogP contribution in [0.15, 0.2) is 39.4 Å². The Hall–Kier alpha value is -1.29. The molecule has 0 spiro atoms. The molecule has 0 radical (unpaired) electrons. The van der Waals surface area contributed by atoms with Gasteiger partial charge in [0.25, 0.3) is 0 Å². The highest BCUT2D eigenvalue weighted by atomic mass is 16.5. The molecule has 0 saturated carbocycles. The first-order valence-corrected chi connectivity index (χ1v) is 8.85. The van der Waals surface area contributed by atoms with Gasteiger partial charge >= 0.3 is 0 Å². The van der Waals surface area contributed by atoms with E-state index >= 15 is 0 Å². The van der Waals surface area contributed by atoms with Crippen molar-refractivity contribution in [3.63, 3.8) is 0 Å². The lowest BCUT2D eigenvalue weighted by Gasteiger charge is -2.30. The summed E-state index contributed by atoms with van der Waals surface area (Å²) in [6.07, 6.45) is 17.3. The third-order valence-corrected chi connectivity index (χ3v) is 4.26. The lowest BCUT2D eigenvalue weighted by atomic mass is 9.90. The van der Waals surface area contributed by atoms with Crippen LogP contribution in [0.3, 0.4) is 0 Å². The molecule has 1 aliphatic heterocycles. The zero-order valence-corrected chi connectivity index (χ0v) is 14.1. The van der Waals surface area contributed by atoms with Crippen molar-refractivity contribution in [1.82, 2.24) is 0 Å². The van der Waals surface area contributed by atoms with Crippen molar-refractivity contribution >= 4 is 5.71 Å². The summed E-state index contributed by atoms with van der Waals surface area (Å²) >= 11 is 0. The van der Waals surface area contributed by atoms with Crippen molar-refractivity contribution in [2.24, 2.45) is 15.4 Å². The molecule has 0 bridgehead atoms. The highest BCUT2D eigenvalue weighted by Gasteiger charge is 2.31. The minimum atomic E-state index is -0.308. The monoisotopic (exact) mass is 303 g/mol. The number of unbranched alkanes of at least 4 members (excludes halogenated alkanes) is 6. The van der Waals surface area contributed by atoms with Gasteiger partial charge in [0.15, 0.2) is 0 Å². The van der Waals surface area contributed by atoms with Crippen molar-refractivity contribution in [3.05, 3.63) is 23.9 Å². The van der Waals surface area contributed by atoms with E-state index in [9.17, 15) is 0 Å². The average Bonchev–Trinajstić information content (AvgIpc) is 2.99. The molecule has 4 heteroatoms. The maximum Gasteiger partial charge on any atom is 0.115 e. The maximum absolute atomic E-state index is 6.27. The molecule has 122 valence electrons. The Balaban J connectivity index is 1.82. The second-order valence-electron chi connectivity index (χ2n) is 6.21. The highest BCUT2D eigenvalue weighted by molar-refractivity contribution is 6.09. The minimum absolute atomic E-state index is 0.308. The van der Waals surface area contributed by atoms with Gasteiger partial charge in [-0.05, 0) is 36.3 Å². The van der Waals surface area contributed by atoms with E-state index in [0.29, 0.717) is 0 Å². The summed E-state index contributed by atoms with van der Waals surface area (Å²) in [6, 6.07) is 0. The average molecular weight is 303 g/mol. The zero-order chi connectivity index (χ0) is 15.7. The summed E-state index contributed by atoms with van der Waals surface area (Å²) in [4.78, 5) is 0. The summed E-state index contributed by atoms with van der Waals surface area (Å²) in [5.74, 6) is 0. The molecule has 1 atom stereocenters. The van der Waals surface area contributed by atoms with Crippen LogP contribution in [-0.4, -0.2) is 17.9 Å². The smallest absolute Gasteiger partial charge is 0.115 e. The molecule has 0 aromatic carbocycles. The highest BCUT2D eigenvalue weighted by Crippen LogP contribution is 2.31. The molecule has 4 nitrogen and oxygen atoms in total. The summed E-state index contributed by atoms with van der Waals surface area (Å²) in [7, 11) is 0. The normalized spacial score (nSPS) is 22.6. The first kappa shape index (κ1) is 17.1. The van der Waals surface area contributed by atoms with E-state index in [-0.39, 0.29) is 5.60 Å². The third kappa shape index (κ3) is 4.87. The zero-order valence-electron chi connectivity index (χ0n) is 14.1. The van der Waals surface area contributed by atoms with Gasteiger partial charge < -0.3 is 4.74 Å². The Morgan fingerprint density at radius 1 is 1.00 bits per heavy atom. The molecule has 0 N–H and O–H groups in total. The molecular weight excluding hydrogens is 274 g/mol. The number of ether oxygens (including phenoxy) is 1. The van der Waals surface area contributed by atoms with Crippen molar-refractivity contribution in [1.29, 1.82) is 0 Å². The lowest BCUT2D eigenvalue weighted by molar-refractivity contribution is 0.0170. The van der Waals surface area contributed by atoms with E-state index in [1.807, 2.05) is 6.08 Å². The van der Waals surface area contributed by atoms with Gasteiger partial charge in [-0.3, -0.25) is 0 Å². The predicted octanol–water partition coefficient (Wildman–Crippen LogP) is 5.57. The van der Waals surface area contributed by atoms with Gasteiger partial charge in [0.05, 0.1) is 0 Å². The van der Waals surface area contributed by atoms with Crippen molar-refractivity contribution in [3.8, 4) is 0 Å². The molecule has 1 heterocycles. The van der Waals surface area contributed by atoms with Crippen LogP contribution in [0.4, 0.5) is 0 Å². The third-order valence-electron chi connectivity index (χ3n) is 4.26. The SMILES string of the molecule is CCCCCCCCOC1(CCCC)C=CC2=NN=NC2=C1. The first-order chi connectivity index (χ1) is 10.8. The molecule has 0 saturated heterocycles. The fourth-order valence-corrected chi connectivity index (χ4v) is 2.86. The van der Waals surface area contributed by atoms with E-state index in [0.717, 1.165) is 37.3 Å². The van der Waals surface area contributed by atoms with Crippen LogP contribution in [0.1, 0.15) is 71.6 Å². The predicted molar refractivity (Wildman–Crippen MR) is 91.1 cm³/mol. The van der Waals surface area contributed by atoms with Crippen LogP contribution in [0.5, 0.6) is 0 Å². The summed E-state index contributed by atoms with van der Waals surface area (Å²) < 4.78 is 6.27. The summed E-state index contributed by atoms with van der Waals surface area (Å²) in [6.45, 7) is 5.28. The van der Waals surface area contributed by atoms with E-state index in [2.05, 4.69) is 41.4 Å². The van der Waals surface area contributed by atoms with Gasteiger partial charge in [-0.25, -0.2) is 0 Å². The standard InChI is InChI=1S/C18H29N3O/c1-3-5-7-8-9-10-14-22-18(12-6-4-2)13-11-16-17(15-18)20-21-19-16/h11,13,15H,3-10,12,14H2,1-2H3. The molecule has 0 amide bonds. The summed E-state index contributed by atoms with van der Waals surface area (Å²) in [5.41, 5.74) is 1.41. The van der Waals surface area contributed by atoms with Crippen LogP contribution in [0, 0.1) is 0 Å². The Labute approximate surface area is 134 Å². The Morgan fingerprint density at radius 2 is 1.77 bits per heavy atom. The molecule has 2 rings (SSSR count). The molecule has 0 aromatic heterocycles. The van der Waals surface area contributed by atoms with Crippen LogP contribution < -0.4 is 0 Å². The van der Waals surface area contributed by atoms with Gasteiger partial charge in [0.1, 0.15) is 17.0 Å². The van der Waals surface area contributed by atoms with E-state index in [1.54, 1.807) is 0 Å². The van der Waals surface area contributed by atoms with Gasteiger partial charge in [0, 0.05) is 6.61 Å². The number of rotatable bonds is 11. The lowest BCUT2D eigenvalue weighted by Crippen LogP contribution is -2.31. The molecule has 1 unspecified atom stereocenters.